The average Bonchev–Trinajstić information content (AvgIpc) is 3.12. The number of thiocarbonyl (C=S) groups is 1. The van der Waals surface area contributed by atoms with Crippen LogP contribution in [0.25, 0.3) is 0 Å². The first-order valence-corrected chi connectivity index (χ1v) is 9.75. The summed E-state index contributed by atoms with van der Waals surface area (Å²) in [5.74, 6) is 0.325. The highest BCUT2D eigenvalue weighted by Gasteiger charge is 2.29. The SMILES string of the molecule is CCCCCC1=NN(C(=S)NCc2cccnc2)CC1c1ccccc1. The van der Waals surface area contributed by atoms with Crippen molar-refractivity contribution in [1.82, 2.24) is 15.3 Å². The Morgan fingerprint density at radius 2 is 2.04 bits per heavy atom. The molecule has 2 heterocycles. The van der Waals surface area contributed by atoms with Gasteiger partial charge in [-0.25, -0.2) is 5.01 Å². The summed E-state index contributed by atoms with van der Waals surface area (Å²) in [5, 5.41) is 10.8. The average molecular weight is 367 g/mol. The van der Waals surface area contributed by atoms with E-state index < -0.39 is 0 Å². The van der Waals surface area contributed by atoms with E-state index in [-0.39, 0.29) is 0 Å². The third-order valence-electron chi connectivity index (χ3n) is 4.65. The van der Waals surface area contributed by atoms with E-state index >= 15 is 0 Å². The number of hydrogen-bond donors (Lipinski definition) is 1. The van der Waals surface area contributed by atoms with E-state index in [4.69, 9.17) is 17.3 Å². The Hall–Kier alpha value is -2.27. The summed E-state index contributed by atoms with van der Waals surface area (Å²) in [6.45, 7) is 3.71. The molecule has 136 valence electrons. The fourth-order valence-corrected chi connectivity index (χ4v) is 3.39. The lowest BCUT2D eigenvalue weighted by molar-refractivity contribution is 0.465. The maximum Gasteiger partial charge on any atom is 0.189 e. The smallest absolute Gasteiger partial charge is 0.189 e. The van der Waals surface area contributed by atoms with Gasteiger partial charge in [0.25, 0.3) is 0 Å². The summed E-state index contributed by atoms with van der Waals surface area (Å²) in [7, 11) is 0. The number of rotatable bonds is 7. The van der Waals surface area contributed by atoms with Crippen LogP contribution < -0.4 is 5.32 Å². The van der Waals surface area contributed by atoms with Crippen LogP contribution in [0.1, 0.15) is 49.7 Å². The van der Waals surface area contributed by atoms with Crippen molar-refractivity contribution in [2.45, 2.75) is 45.1 Å². The molecule has 1 aliphatic rings. The van der Waals surface area contributed by atoms with Gasteiger partial charge in [-0.15, -0.1) is 0 Å². The second kappa shape index (κ2) is 9.43. The number of unbranched alkanes of at least 4 members (excludes halogenated alkanes) is 2. The normalized spacial score (nSPS) is 16.4. The summed E-state index contributed by atoms with van der Waals surface area (Å²) in [4.78, 5) is 4.14. The van der Waals surface area contributed by atoms with Gasteiger partial charge in [0.05, 0.1) is 6.54 Å². The Morgan fingerprint density at radius 1 is 1.19 bits per heavy atom. The molecule has 0 saturated carbocycles. The van der Waals surface area contributed by atoms with Gasteiger partial charge in [0.15, 0.2) is 5.11 Å². The second-order valence-corrected chi connectivity index (χ2v) is 7.00. The van der Waals surface area contributed by atoms with Crippen molar-refractivity contribution in [3.05, 3.63) is 66.0 Å². The van der Waals surface area contributed by atoms with Gasteiger partial charge in [0, 0.05) is 30.6 Å². The molecule has 5 heteroatoms. The Labute approximate surface area is 161 Å². The first kappa shape index (κ1) is 18.5. The van der Waals surface area contributed by atoms with E-state index in [1.54, 1.807) is 6.20 Å². The first-order valence-electron chi connectivity index (χ1n) is 9.34. The molecule has 0 radical (unpaired) electrons. The Morgan fingerprint density at radius 3 is 2.77 bits per heavy atom. The van der Waals surface area contributed by atoms with Crippen LogP contribution in [0.5, 0.6) is 0 Å². The van der Waals surface area contributed by atoms with Crippen molar-refractivity contribution in [3.63, 3.8) is 0 Å². The summed E-state index contributed by atoms with van der Waals surface area (Å²) >= 11 is 5.59. The number of hydrazone groups is 1. The molecule has 0 aliphatic carbocycles. The molecule has 0 spiro atoms. The molecular weight excluding hydrogens is 340 g/mol. The maximum absolute atomic E-state index is 5.59. The van der Waals surface area contributed by atoms with Gasteiger partial charge < -0.3 is 5.32 Å². The highest BCUT2D eigenvalue weighted by molar-refractivity contribution is 7.80. The lowest BCUT2D eigenvalue weighted by Crippen LogP contribution is -2.35. The molecule has 26 heavy (non-hydrogen) atoms. The number of benzene rings is 1. The Balaban J connectivity index is 1.66. The minimum absolute atomic E-state index is 0.325. The number of nitrogens with one attached hydrogen (secondary N) is 1. The van der Waals surface area contributed by atoms with Crippen LogP contribution in [0.4, 0.5) is 0 Å². The zero-order chi connectivity index (χ0) is 18.2. The molecule has 2 aromatic rings. The van der Waals surface area contributed by atoms with Gasteiger partial charge in [-0.3, -0.25) is 4.98 Å². The summed E-state index contributed by atoms with van der Waals surface area (Å²) in [6, 6.07) is 14.6. The molecule has 1 atom stereocenters. The van der Waals surface area contributed by atoms with Crippen molar-refractivity contribution in [2.24, 2.45) is 5.10 Å². The van der Waals surface area contributed by atoms with E-state index in [0.717, 1.165) is 18.5 Å². The van der Waals surface area contributed by atoms with E-state index in [1.165, 1.54) is 30.5 Å². The van der Waals surface area contributed by atoms with Gasteiger partial charge in [0.1, 0.15) is 0 Å². The predicted molar refractivity (Wildman–Crippen MR) is 111 cm³/mol. The van der Waals surface area contributed by atoms with Crippen molar-refractivity contribution in [3.8, 4) is 0 Å². The van der Waals surface area contributed by atoms with E-state index in [0.29, 0.717) is 17.6 Å². The zero-order valence-electron chi connectivity index (χ0n) is 15.3. The lowest BCUT2D eigenvalue weighted by Gasteiger charge is -2.18. The molecular formula is C21H26N4S. The van der Waals surface area contributed by atoms with Crippen LogP contribution in [0.3, 0.4) is 0 Å². The summed E-state index contributed by atoms with van der Waals surface area (Å²) in [5.41, 5.74) is 3.68. The number of hydrogen-bond acceptors (Lipinski definition) is 3. The molecule has 1 aliphatic heterocycles. The Kier molecular flexibility index (Phi) is 6.72. The van der Waals surface area contributed by atoms with E-state index in [2.05, 4.69) is 47.6 Å². The number of aromatic nitrogens is 1. The lowest BCUT2D eigenvalue weighted by atomic mass is 9.92. The molecule has 1 aromatic heterocycles. The van der Waals surface area contributed by atoms with Gasteiger partial charge in [-0.1, -0.05) is 56.2 Å². The Bertz CT molecular complexity index is 730. The molecule has 0 saturated heterocycles. The standard InChI is InChI=1S/C21H26N4S/c1-2-3-5-12-20-19(18-10-6-4-7-11-18)16-25(24-20)21(26)23-15-17-9-8-13-22-14-17/h4,6-11,13-14,19H,2-3,5,12,15-16H2,1H3,(H,23,26). The fourth-order valence-electron chi connectivity index (χ4n) is 3.21. The van der Waals surface area contributed by atoms with Crippen LogP contribution in [-0.2, 0) is 6.54 Å². The summed E-state index contributed by atoms with van der Waals surface area (Å²) < 4.78 is 0. The predicted octanol–water partition coefficient (Wildman–Crippen LogP) is 4.49. The maximum atomic E-state index is 5.59. The quantitative estimate of drug-likeness (QED) is 0.579. The molecule has 0 amide bonds. The van der Waals surface area contributed by atoms with E-state index in [9.17, 15) is 0 Å². The highest BCUT2D eigenvalue weighted by atomic mass is 32.1. The number of nitrogens with zero attached hydrogens (tertiary/aromatic N) is 3. The topological polar surface area (TPSA) is 40.5 Å². The minimum atomic E-state index is 0.325. The van der Waals surface area contributed by atoms with Gasteiger partial charge >= 0.3 is 0 Å². The largest absolute Gasteiger partial charge is 0.357 e. The van der Waals surface area contributed by atoms with Crippen molar-refractivity contribution in [2.75, 3.05) is 6.54 Å². The molecule has 1 aromatic carbocycles. The van der Waals surface area contributed by atoms with Gasteiger partial charge in [0.2, 0.25) is 0 Å². The first-order chi connectivity index (χ1) is 12.8. The molecule has 1 N–H and O–H groups in total. The zero-order valence-corrected chi connectivity index (χ0v) is 16.1. The van der Waals surface area contributed by atoms with Crippen molar-refractivity contribution < 1.29 is 0 Å². The van der Waals surface area contributed by atoms with Gasteiger partial charge in [-0.2, -0.15) is 5.10 Å². The van der Waals surface area contributed by atoms with Crippen molar-refractivity contribution >= 4 is 23.0 Å². The van der Waals surface area contributed by atoms with Crippen molar-refractivity contribution in [1.29, 1.82) is 0 Å². The van der Waals surface area contributed by atoms with Crippen LogP contribution in [0.15, 0.2) is 60.0 Å². The van der Waals surface area contributed by atoms with Crippen LogP contribution in [-0.4, -0.2) is 27.4 Å². The van der Waals surface area contributed by atoms with E-state index in [1.807, 2.05) is 23.3 Å². The second-order valence-electron chi connectivity index (χ2n) is 6.61. The minimum Gasteiger partial charge on any atom is -0.357 e. The highest BCUT2D eigenvalue weighted by Crippen LogP contribution is 2.27. The molecule has 4 nitrogen and oxygen atoms in total. The van der Waals surface area contributed by atoms with Gasteiger partial charge in [-0.05, 0) is 42.3 Å². The summed E-state index contributed by atoms with van der Waals surface area (Å²) in [6.07, 6.45) is 8.31. The molecule has 1 unspecified atom stereocenters. The third-order valence-corrected chi connectivity index (χ3v) is 5.00. The fraction of sp³-hybridized carbons (Fsp3) is 0.381. The monoisotopic (exact) mass is 366 g/mol. The van der Waals surface area contributed by atoms with Crippen LogP contribution in [0.2, 0.25) is 0 Å². The number of pyridine rings is 1. The van der Waals surface area contributed by atoms with Crippen LogP contribution >= 0.6 is 12.2 Å². The molecule has 3 rings (SSSR count). The van der Waals surface area contributed by atoms with Crippen LogP contribution in [0, 0.1) is 0 Å². The third kappa shape index (κ3) is 4.88. The molecule has 0 fully saturated rings. The molecule has 0 bridgehead atoms.